The van der Waals surface area contributed by atoms with Gasteiger partial charge in [0.2, 0.25) is 0 Å². The van der Waals surface area contributed by atoms with Crippen molar-refractivity contribution in [3.8, 4) is 0 Å². The minimum atomic E-state index is -0.419. The van der Waals surface area contributed by atoms with Gasteiger partial charge in [0.05, 0.1) is 6.04 Å². The maximum absolute atomic E-state index is 14.1. The third-order valence-electron chi connectivity index (χ3n) is 4.07. The molecule has 1 aromatic carbocycles. The summed E-state index contributed by atoms with van der Waals surface area (Å²) in [7, 11) is 0. The van der Waals surface area contributed by atoms with Crippen molar-refractivity contribution in [2.24, 2.45) is 11.8 Å². The highest BCUT2D eigenvalue weighted by Crippen LogP contribution is 2.27. The van der Waals surface area contributed by atoms with E-state index >= 15 is 0 Å². The molecule has 1 aliphatic rings. The quantitative estimate of drug-likeness (QED) is 0.891. The predicted molar refractivity (Wildman–Crippen MR) is 84.3 cm³/mol. The van der Waals surface area contributed by atoms with Crippen LogP contribution in [-0.2, 0) is 0 Å². The van der Waals surface area contributed by atoms with E-state index in [0.29, 0.717) is 23.7 Å². The number of carbonyl (C=O) groups excluding carboxylic acids is 1. The van der Waals surface area contributed by atoms with Crippen LogP contribution in [0.3, 0.4) is 0 Å². The van der Waals surface area contributed by atoms with Crippen LogP contribution in [0, 0.1) is 17.7 Å². The van der Waals surface area contributed by atoms with Gasteiger partial charge in [0.25, 0.3) is 0 Å². The van der Waals surface area contributed by atoms with E-state index in [9.17, 15) is 9.18 Å². The fourth-order valence-corrected chi connectivity index (χ4v) is 2.91. The Labute approximate surface area is 135 Å². The molecular formula is C16H22ClFN2O2. The molecule has 2 rings (SSSR count). The SMILES string of the molecule is CC(C)[C@H](NC(=O)N1CC[C@@H](CO)C1)c1ccc(Cl)cc1F. The lowest BCUT2D eigenvalue weighted by Gasteiger charge is -2.26. The first-order valence-corrected chi connectivity index (χ1v) is 7.91. The molecule has 1 fully saturated rings. The van der Waals surface area contributed by atoms with Crippen molar-refractivity contribution in [2.45, 2.75) is 26.3 Å². The highest BCUT2D eigenvalue weighted by atomic mass is 35.5. The molecule has 4 nitrogen and oxygen atoms in total. The summed E-state index contributed by atoms with van der Waals surface area (Å²) in [4.78, 5) is 14.0. The minimum absolute atomic E-state index is 0.0378. The Morgan fingerprint density at radius 3 is 2.82 bits per heavy atom. The number of hydrogen-bond acceptors (Lipinski definition) is 2. The van der Waals surface area contributed by atoms with E-state index in [1.165, 1.54) is 6.07 Å². The molecule has 1 saturated heterocycles. The molecule has 2 atom stereocenters. The molecule has 22 heavy (non-hydrogen) atoms. The number of aliphatic hydroxyl groups is 1. The number of rotatable bonds is 4. The van der Waals surface area contributed by atoms with Gasteiger partial charge in [-0.3, -0.25) is 0 Å². The first-order valence-electron chi connectivity index (χ1n) is 7.53. The van der Waals surface area contributed by atoms with E-state index < -0.39 is 11.9 Å². The van der Waals surface area contributed by atoms with Gasteiger partial charge in [0.1, 0.15) is 5.82 Å². The van der Waals surface area contributed by atoms with E-state index in [1.54, 1.807) is 17.0 Å². The van der Waals surface area contributed by atoms with E-state index in [4.69, 9.17) is 16.7 Å². The zero-order valence-electron chi connectivity index (χ0n) is 12.9. The summed E-state index contributed by atoms with van der Waals surface area (Å²) < 4.78 is 14.1. The fourth-order valence-electron chi connectivity index (χ4n) is 2.75. The molecule has 122 valence electrons. The van der Waals surface area contributed by atoms with Gasteiger partial charge >= 0.3 is 6.03 Å². The third kappa shape index (κ3) is 3.90. The number of halogens is 2. The summed E-state index contributed by atoms with van der Waals surface area (Å²) in [5.74, 6) is -0.243. The van der Waals surface area contributed by atoms with E-state index in [0.717, 1.165) is 6.42 Å². The van der Waals surface area contributed by atoms with Crippen LogP contribution in [0.25, 0.3) is 0 Å². The monoisotopic (exact) mass is 328 g/mol. The largest absolute Gasteiger partial charge is 0.396 e. The molecule has 2 N–H and O–H groups in total. The van der Waals surface area contributed by atoms with Crippen LogP contribution in [0.5, 0.6) is 0 Å². The molecule has 0 aromatic heterocycles. The number of urea groups is 1. The molecule has 0 aliphatic carbocycles. The molecule has 6 heteroatoms. The fraction of sp³-hybridized carbons (Fsp3) is 0.562. The molecule has 0 bridgehead atoms. The smallest absolute Gasteiger partial charge is 0.317 e. The summed E-state index contributed by atoms with van der Waals surface area (Å²) in [5.41, 5.74) is 0.436. The highest BCUT2D eigenvalue weighted by molar-refractivity contribution is 6.30. The van der Waals surface area contributed by atoms with Crippen LogP contribution in [0.4, 0.5) is 9.18 Å². The number of nitrogens with one attached hydrogen (secondary N) is 1. The summed E-state index contributed by atoms with van der Waals surface area (Å²) in [6.45, 7) is 5.10. The van der Waals surface area contributed by atoms with Gasteiger partial charge in [-0.2, -0.15) is 0 Å². The number of nitrogens with zero attached hydrogens (tertiary/aromatic N) is 1. The van der Waals surface area contributed by atoms with Crippen molar-refractivity contribution < 1.29 is 14.3 Å². The first kappa shape index (κ1) is 17.0. The van der Waals surface area contributed by atoms with Crippen LogP contribution in [0.15, 0.2) is 18.2 Å². The van der Waals surface area contributed by atoms with Gasteiger partial charge in [0, 0.05) is 36.2 Å². The predicted octanol–water partition coefficient (Wildman–Crippen LogP) is 3.20. The van der Waals surface area contributed by atoms with Gasteiger partial charge in [-0.15, -0.1) is 0 Å². The topological polar surface area (TPSA) is 52.6 Å². The van der Waals surface area contributed by atoms with E-state index in [1.807, 2.05) is 13.8 Å². The number of likely N-dealkylation sites (tertiary alicyclic amines) is 1. The first-order chi connectivity index (χ1) is 10.4. The number of benzene rings is 1. The van der Waals surface area contributed by atoms with Crippen molar-refractivity contribution >= 4 is 17.6 Å². The second-order valence-electron chi connectivity index (χ2n) is 6.12. The maximum Gasteiger partial charge on any atom is 0.317 e. The number of aliphatic hydroxyl groups excluding tert-OH is 1. The van der Waals surface area contributed by atoms with Crippen molar-refractivity contribution in [3.63, 3.8) is 0 Å². The summed E-state index contributed by atoms with van der Waals surface area (Å²) in [6.07, 6.45) is 0.797. The molecular weight excluding hydrogens is 307 g/mol. The second kappa shape index (κ2) is 7.29. The van der Waals surface area contributed by atoms with Gasteiger partial charge in [-0.25, -0.2) is 9.18 Å². The van der Waals surface area contributed by atoms with Crippen LogP contribution >= 0.6 is 11.6 Å². The maximum atomic E-state index is 14.1. The normalized spacial score (nSPS) is 19.5. The number of amides is 2. The van der Waals surface area contributed by atoms with Crippen LogP contribution in [-0.4, -0.2) is 35.7 Å². The Morgan fingerprint density at radius 2 is 2.27 bits per heavy atom. The Hall–Kier alpha value is -1.33. The Kier molecular flexibility index (Phi) is 5.64. The molecule has 0 radical (unpaired) electrons. The van der Waals surface area contributed by atoms with Crippen molar-refractivity contribution in [2.75, 3.05) is 19.7 Å². The standard InChI is InChI=1S/C16H22ClFN2O2/c1-10(2)15(13-4-3-12(17)7-14(13)18)19-16(22)20-6-5-11(8-20)9-21/h3-4,7,10-11,15,21H,5-6,8-9H2,1-2H3,(H,19,22)/t11-,15+/m1/s1. The average molecular weight is 329 g/mol. The van der Waals surface area contributed by atoms with Gasteiger partial charge in [-0.05, 0) is 24.5 Å². The van der Waals surface area contributed by atoms with Gasteiger partial charge in [0.15, 0.2) is 0 Å². The Balaban J connectivity index is 2.10. The number of carbonyl (C=O) groups is 1. The van der Waals surface area contributed by atoms with Crippen LogP contribution in [0.1, 0.15) is 31.9 Å². The molecule has 2 amide bonds. The Morgan fingerprint density at radius 1 is 1.55 bits per heavy atom. The van der Waals surface area contributed by atoms with Crippen molar-refractivity contribution in [3.05, 3.63) is 34.6 Å². The van der Waals surface area contributed by atoms with Gasteiger partial charge < -0.3 is 15.3 Å². The summed E-state index contributed by atoms with van der Waals surface area (Å²) in [5, 5.41) is 12.4. The lowest BCUT2D eigenvalue weighted by atomic mass is 9.95. The Bertz CT molecular complexity index is 539. The molecule has 0 spiro atoms. The van der Waals surface area contributed by atoms with E-state index in [2.05, 4.69) is 5.32 Å². The molecule has 1 aromatic rings. The molecule has 0 unspecified atom stereocenters. The van der Waals surface area contributed by atoms with Crippen LogP contribution in [0.2, 0.25) is 5.02 Å². The number of hydrogen-bond donors (Lipinski definition) is 2. The molecule has 0 saturated carbocycles. The average Bonchev–Trinajstić information content (AvgIpc) is 2.94. The third-order valence-corrected chi connectivity index (χ3v) is 4.31. The lowest BCUT2D eigenvalue weighted by Crippen LogP contribution is -2.42. The summed E-state index contributed by atoms with van der Waals surface area (Å²) >= 11 is 5.78. The van der Waals surface area contributed by atoms with Crippen LogP contribution < -0.4 is 5.32 Å². The second-order valence-corrected chi connectivity index (χ2v) is 6.56. The minimum Gasteiger partial charge on any atom is -0.396 e. The zero-order chi connectivity index (χ0) is 16.3. The van der Waals surface area contributed by atoms with Gasteiger partial charge in [-0.1, -0.05) is 31.5 Å². The van der Waals surface area contributed by atoms with E-state index in [-0.39, 0.29) is 24.5 Å². The highest BCUT2D eigenvalue weighted by Gasteiger charge is 2.29. The molecule has 1 heterocycles. The zero-order valence-corrected chi connectivity index (χ0v) is 13.6. The van der Waals surface area contributed by atoms with Crippen molar-refractivity contribution in [1.29, 1.82) is 0 Å². The summed E-state index contributed by atoms with van der Waals surface area (Å²) in [6, 6.07) is 3.86. The van der Waals surface area contributed by atoms with Crippen molar-refractivity contribution in [1.82, 2.24) is 10.2 Å². The lowest BCUT2D eigenvalue weighted by molar-refractivity contribution is 0.191. The molecule has 1 aliphatic heterocycles.